The molecule has 0 saturated heterocycles. The maximum atomic E-state index is 11.7. The smallest absolute Gasteiger partial charge is 0.263 e. The second kappa shape index (κ2) is 5.63. The molecule has 100 valence electrons. The maximum absolute atomic E-state index is 11.7. The first kappa shape index (κ1) is 13.2. The van der Waals surface area contributed by atoms with Gasteiger partial charge in [-0.1, -0.05) is 17.4 Å². The number of rotatable bonds is 4. The zero-order valence-corrected chi connectivity index (χ0v) is 10.6. The third-order valence-corrected chi connectivity index (χ3v) is 3.18. The number of pyridine rings is 1. The average Bonchev–Trinajstić information content (AvgIpc) is 2.82. The van der Waals surface area contributed by atoms with E-state index in [0.717, 1.165) is 11.3 Å². The van der Waals surface area contributed by atoms with Crippen LogP contribution in [0.15, 0.2) is 29.2 Å². The number of carbonyl (C=O) groups is 1. The minimum atomic E-state index is -0.983. The van der Waals surface area contributed by atoms with Gasteiger partial charge in [-0.3, -0.25) is 9.59 Å². The van der Waals surface area contributed by atoms with Gasteiger partial charge in [0, 0.05) is 18.3 Å². The molecule has 1 amide bonds. The summed E-state index contributed by atoms with van der Waals surface area (Å²) in [6.45, 7) is -0.0173. The molecule has 0 bridgehead atoms. The maximum Gasteiger partial charge on any atom is 0.263 e. The standard InChI is InChI=1S/C11H12N4O3S/c12-11-14-5-8(19-11)10(18)13-4-7(16)6-2-1-3-9(17)15-6/h1-3,5,7,16H,4H2,(H2,12,14)(H,13,18)(H,15,17). The molecule has 0 aromatic carbocycles. The summed E-state index contributed by atoms with van der Waals surface area (Å²) in [5.41, 5.74) is 5.46. The van der Waals surface area contributed by atoms with Gasteiger partial charge in [0.05, 0.1) is 6.20 Å². The van der Waals surface area contributed by atoms with Crippen molar-refractivity contribution < 1.29 is 9.90 Å². The lowest BCUT2D eigenvalue weighted by atomic mass is 10.2. The predicted molar refractivity (Wildman–Crippen MR) is 70.9 cm³/mol. The molecule has 1 atom stereocenters. The molecular weight excluding hydrogens is 268 g/mol. The zero-order chi connectivity index (χ0) is 13.8. The minimum absolute atomic E-state index is 0.0173. The number of nitrogens with one attached hydrogen (secondary N) is 2. The lowest BCUT2D eigenvalue weighted by molar-refractivity contribution is 0.0918. The summed E-state index contributed by atoms with van der Waals surface area (Å²) in [5.74, 6) is -0.369. The van der Waals surface area contributed by atoms with Crippen LogP contribution in [0.2, 0.25) is 0 Å². The van der Waals surface area contributed by atoms with E-state index in [2.05, 4.69) is 15.3 Å². The van der Waals surface area contributed by atoms with Crippen LogP contribution in [-0.2, 0) is 0 Å². The SMILES string of the molecule is Nc1ncc(C(=O)NCC(O)c2cccc(=O)[nH]2)s1. The van der Waals surface area contributed by atoms with E-state index >= 15 is 0 Å². The number of thiazole rings is 1. The fourth-order valence-corrected chi connectivity index (χ4v) is 2.04. The summed E-state index contributed by atoms with van der Waals surface area (Å²) in [4.78, 5) is 29.4. The molecule has 0 aliphatic rings. The molecule has 0 spiro atoms. The third-order valence-electron chi connectivity index (χ3n) is 2.35. The molecule has 0 aliphatic heterocycles. The first-order valence-electron chi connectivity index (χ1n) is 5.43. The Labute approximate surface area is 112 Å². The fraction of sp³-hybridized carbons (Fsp3) is 0.182. The van der Waals surface area contributed by atoms with Crippen molar-refractivity contribution >= 4 is 22.4 Å². The highest BCUT2D eigenvalue weighted by Crippen LogP contribution is 2.14. The molecule has 2 rings (SSSR count). The van der Waals surface area contributed by atoms with E-state index in [4.69, 9.17) is 5.73 Å². The van der Waals surface area contributed by atoms with Crippen LogP contribution in [0, 0.1) is 0 Å². The van der Waals surface area contributed by atoms with Gasteiger partial charge in [-0.15, -0.1) is 0 Å². The van der Waals surface area contributed by atoms with Crippen LogP contribution >= 0.6 is 11.3 Å². The van der Waals surface area contributed by atoms with Crippen LogP contribution in [0.5, 0.6) is 0 Å². The van der Waals surface area contributed by atoms with Crippen molar-refractivity contribution in [3.8, 4) is 0 Å². The number of hydrogen-bond donors (Lipinski definition) is 4. The summed E-state index contributed by atoms with van der Waals surface area (Å²) < 4.78 is 0. The minimum Gasteiger partial charge on any atom is -0.385 e. The van der Waals surface area contributed by atoms with Crippen LogP contribution in [0.1, 0.15) is 21.5 Å². The van der Waals surface area contributed by atoms with E-state index in [1.807, 2.05) is 0 Å². The van der Waals surface area contributed by atoms with Crippen LogP contribution in [0.4, 0.5) is 5.13 Å². The molecule has 8 heteroatoms. The summed E-state index contributed by atoms with van der Waals surface area (Å²) >= 11 is 1.06. The highest BCUT2D eigenvalue weighted by atomic mass is 32.1. The first-order chi connectivity index (χ1) is 9.06. The lowest BCUT2D eigenvalue weighted by Crippen LogP contribution is -2.28. The lowest BCUT2D eigenvalue weighted by Gasteiger charge is -2.11. The molecular formula is C11H12N4O3S. The molecule has 0 radical (unpaired) electrons. The van der Waals surface area contributed by atoms with Gasteiger partial charge in [-0.25, -0.2) is 4.98 Å². The number of hydrogen-bond acceptors (Lipinski definition) is 6. The monoisotopic (exact) mass is 280 g/mol. The number of aliphatic hydroxyl groups excluding tert-OH is 1. The number of nitrogens with zero attached hydrogens (tertiary/aromatic N) is 1. The molecule has 2 aromatic rings. The molecule has 0 fully saturated rings. The largest absolute Gasteiger partial charge is 0.385 e. The van der Waals surface area contributed by atoms with Crippen molar-refractivity contribution in [3.63, 3.8) is 0 Å². The number of nitrogens with two attached hydrogens (primary N) is 1. The van der Waals surface area contributed by atoms with Gasteiger partial charge in [-0.2, -0.15) is 0 Å². The van der Waals surface area contributed by atoms with Gasteiger partial charge in [0.15, 0.2) is 5.13 Å². The molecule has 0 saturated carbocycles. The number of carbonyl (C=O) groups excluding carboxylic acids is 1. The quantitative estimate of drug-likeness (QED) is 0.622. The number of nitrogen functional groups attached to an aromatic ring is 1. The molecule has 5 N–H and O–H groups in total. The van der Waals surface area contributed by atoms with Crippen molar-refractivity contribution in [1.29, 1.82) is 0 Å². The second-order valence-corrected chi connectivity index (χ2v) is 4.82. The Morgan fingerprint density at radius 2 is 2.37 bits per heavy atom. The topological polar surface area (TPSA) is 121 Å². The normalized spacial score (nSPS) is 12.1. The summed E-state index contributed by atoms with van der Waals surface area (Å²) in [5, 5.41) is 12.7. The van der Waals surface area contributed by atoms with Crippen LogP contribution in [0.3, 0.4) is 0 Å². The van der Waals surface area contributed by atoms with E-state index in [9.17, 15) is 14.7 Å². The molecule has 7 nitrogen and oxygen atoms in total. The number of anilines is 1. The van der Waals surface area contributed by atoms with Gasteiger partial charge in [0.2, 0.25) is 5.56 Å². The number of aromatic amines is 1. The van der Waals surface area contributed by atoms with E-state index in [0.29, 0.717) is 15.7 Å². The average molecular weight is 280 g/mol. The molecule has 1 unspecified atom stereocenters. The van der Waals surface area contributed by atoms with Crippen molar-refractivity contribution in [2.45, 2.75) is 6.10 Å². The van der Waals surface area contributed by atoms with Gasteiger partial charge in [0.25, 0.3) is 5.91 Å². The van der Waals surface area contributed by atoms with Crippen molar-refractivity contribution in [2.24, 2.45) is 0 Å². The first-order valence-corrected chi connectivity index (χ1v) is 6.24. The third kappa shape index (κ3) is 3.39. The number of aromatic nitrogens is 2. The Morgan fingerprint density at radius 1 is 1.58 bits per heavy atom. The van der Waals surface area contributed by atoms with E-state index in [-0.39, 0.29) is 18.0 Å². The second-order valence-electron chi connectivity index (χ2n) is 3.76. The molecule has 19 heavy (non-hydrogen) atoms. The highest BCUT2D eigenvalue weighted by molar-refractivity contribution is 7.17. The van der Waals surface area contributed by atoms with E-state index in [1.54, 1.807) is 6.07 Å². The Morgan fingerprint density at radius 3 is 3.00 bits per heavy atom. The zero-order valence-electron chi connectivity index (χ0n) is 9.79. The van der Waals surface area contributed by atoms with Crippen molar-refractivity contribution in [3.05, 3.63) is 45.3 Å². The van der Waals surface area contributed by atoms with E-state index in [1.165, 1.54) is 18.3 Å². The van der Waals surface area contributed by atoms with Crippen LogP contribution < -0.4 is 16.6 Å². The van der Waals surface area contributed by atoms with Gasteiger partial charge in [0.1, 0.15) is 11.0 Å². The van der Waals surface area contributed by atoms with Crippen LogP contribution in [0.25, 0.3) is 0 Å². The summed E-state index contributed by atoms with van der Waals surface area (Å²) in [6.07, 6.45) is 0.384. The molecule has 2 heterocycles. The molecule has 2 aromatic heterocycles. The molecule has 0 aliphatic carbocycles. The summed E-state index contributed by atoms with van der Waals surface area (Å²) in [7, 11) is 0. The number of aliphatic hydroxyl groups is 1. The van der Waals surface area contributed by atoms with E-state index < -0.39 is 6.10 Å². The summed E-state index contributed by atoms with van der Waals surface area (Å²) in [6, 6.07) is 4.45. The predicted octanol–water partition coefficient (Wildman–Crippen LogP) is -0.123. The highest BCUT2D eigenvalue weighted by Gasteiger charge is 2.13. The Balaban J connectivity index is 1.95. The Kier molecular flexibility index (Phi) is 3.93. The Bertz CT molecular complexity index is 637. The van der Waals surface area contributed by atoms with Gasteiger partial charge < -0.3 is 21.1 Å². The number of H-pyrrole nitrogens is 1. The number of amides is 1. The van der Waals surface area contributed by atoms with Crippen molar-refractivity contribution in [2.75, 3.05) is 12.3 Å². The van der Waals surface area contributed by atoms with Gasteiger partial charge in [-0.05, 0) is 6.07 Å². The fourth-order valence-electron chi connectivity index (χ4n) is 1.44. The van der Waals surface area contributed by atoms with Crippen LogP contribution in [-0.4, -0.2) is 27.5 Å². The van der Waals surface area contributed by atoms with Crippen molar-refractivity contribution in [1.82, 2.24) is 15.3 Å². The Hall–Kier alpha value is -2.19. The van der Waals surface area contributed by atoms with Gasteiger partial charge >= 0.3 is 0 Å².